The van der Waals surface area contributed by atoms with Crippen LogP contribution in [0.5, 0.6) is 5.88 Å². The summed E-state index contributed by atoms with van der Waals surface area (Å²) < 4.78 is 6.67. The number of aryl methyl sites for hydroxylation is 1. The number of hydrogen-bond acceptors (Lipinski definition) is 6. The molecule has 0 N–H and O–H groups in total. The predicted octanol–water partition coefficient (Wildman–Crippen LogP) is 1.81. The van der Waals surface area contributed by atoms with Crippen molar-refractivity contribution in [2.24, 2.45) is 7.05 Å². The standard InChI is InChI=1S/C18H24ClN5O2/c1-22-18(25)21-17(14-20-22)26-12-3-2-7-23-8-10-24(11-9-23)16-6-4-5-15(19)13-16/h4-6,13-14H,2-3,7-12H2,1H3. The molecule has 1 aliphatic rings. The zero-order valence-corrected chi connectivity index (χ0v) is 15.7. The fraction of sp³-hybridized carbons (Fsp3) is 0.500. The lowest BCUT2D eigenvalue weighted by atomic mass is 10.2. The minimum atomic E-state index is -0.403. The van der Waals surface area contributed by atoms with Crippen LogP contribution in [0, 0.1) is 0 Å². The smallest absolute Gasteiger partial charge is 0.366 e. The van der Waals surface area contributed by atoms with Gasteiger partial charge in [-0.2, -0.15) is 10.1 Å². The number of rotatable bonds is 7. The summed E-state index contributed by atoms with van der Waals surface area (Å²) in [6.45, 7) is 5.72. The molecule has 140 valence electrons. The Labute approximate surface area is 158 Å². The van der Waals surface area contributed by atoms with Gasteiger partial charge in [-0.1, -0.05) is 17.7 Å². The average molecular weight is 378 g/mol. The highest BCUT2D eigenvalue weighted by molar-refractivity contribution is 6.30. The summed E-state index contributed by atoms with van der Waals surface area (Å²) in [5.74, 6) is 0.295. The highest BCUT2D eigenvalue weighted by Gasteiger charge is 2.16. The molecular weight excluding hydrogens is 354 g/mol. The summed E-state index contributed by atoms with van der Waals surface area (Å²) >= 11 is 6.08. The van der Waals surface area contributed by atoms with Crippen LogP contribution in [0.3, 0.4) is 0 Å². The van der Waals surface area contributed by atoms with E-state index in [2.05, 4.69) is 25.9 Å². The van der Waals surface area contributed by atoms with Crippen molar-refractivity contribution in [1.82, 2.24) is 19.7 Å². The molecule has 0 saturated carbocycles. The molecular formula is C18H24ClN5O2. The van der Waals surface area contributed by atoms with Crippen molar-refractivity contribution >= 4 is 17.3 Å². The van der Waals surface area contributed by atoms with Crippen LogP contribution < -0.4 is 15.3 Å². The van der Waals surface area contributed by atoms with E-state index in [0.29, 0.717) is 12.5 Å². The topological polar surface area (TPSA) is 63.5 Å². The van der Waals surface area contributed by atoms with E-state index in [4.69, 9.17) is 16.3 Å². The first-order valence-electron chi connectivity index (χ1n) is 8.88. The summed E-state index contributed by atoms with van der Waals surface area (Å²) in [5.41, 5.74) is 0.792. The fourth-order valence-corrected chi connectivity index (χ4v) is 3.15. The molecule has 1 aromatic heterocycles. The number of unbranched alkanes of at least 4 members (excludes halogenated alkanes) is 1. The first-order chi connectivity index (χ1) is 12.6. The molecule has 26 heavy (non-hydrogen) atoms. The molecule has 0 atom stereocenters. The van der Waals surface area contributed by atoms with Gasteiger partial charge < -0.3 is 9.64 Å². The van der Waals surface area contributed by atoms with E-state index in [1.54, 1.807) is 7.05 Å². The third kappa shape index (κ3) is 5.19. The Morgan fingerprint density at radius 3 is 2.73 bits per heavy atom. The van der Waals surface area contributed by atoms with Crippen molar-refractivity contribution in [1.29, 1.82) is 0 Å². The second kappa shape index (κ2) is 9.00. The van der Waals surface area contributed by atoms with Gasteiger partial charge in [-0.25, -0.2) is 9.48 Å². The van der Waals surface area contributed by atoms with E-state index in [9.17, 15) is 4.79 Å². The minimum absolute atomic E-state index is 0.295. The molecule has 0 aliphatic carbocycles. The van der Waals surface area contributed by atoms with Crippen molar-refractivity contribution in [3.8, 4) is 5.88 Å². The summed E-state index contributed by atoms with van der Waals surface area (Å²) in [5, 5.41) is 4.67. The first-order valence-corrected chi connectivity index (χ1v) is 9.25. The van der Waals surface area contributed by atoms with Crippen molar-refractivity contribution in [2.75, 3.05) is 44.2 Å². The molecule has 0 bridgehead atoms. The van der Waals surface area contributed by atoms with E-state index in [1.807, 2.05) is 18.2 Å². The van der Waals surface area contributed by atoms with Gasteiger partial charge in [-0.05, 0) is 37.6 Å². The monoisotopic (exact) mass is 377 g/mol. The van der Waals surface area contributed by atoms with Crippen LogP contribution in [-0.2, 0) is 7.05 Å². The second-order valence-corrected chi connectivity index (χ2v) is 6.80. The Hall–Kier alpha value is -2.12. The molecule has 7 nitrogen and oxygen atoms in total. The van der Waals surface area contributed by atoms with Gasteiger partial charge in [0.25, 0.3) is 0 Å². The van der Waals surface area contributed by atoms with E-state index >= 15 is 0 Å². The van der Waals surface area contributed by atoms with Gasteiger partial charge in [-0.15, -0.1) is 0 Å². The van der Waals surface area contributed by atoms with E-state index in [-0.39, 0.29) is 0 Å². The van der Waals surface area contributed by atoms with Crippen molar-refractivity contribution in [3.05, 3.63) is 46.0 Å². The molecule has 2 aromatic rings. The maximum absolute atomic E-state index is 11.4. The van der Waals surface area contributed by atoms with Crippen LogP contribution in [0.15, 0.2) is 35.3 Å². The van der Waals surface area contributed by atoms with Gasteiger partial charge in [0.2, 0.25) is 5.88 Å². The molecule has 0 amide bonds. The van der Waals surface area contributed by atoms with Crippen LogP contribution in [0.2, 0.25) is 5.02 Å². The number of aromatic nitrogens is 3. The average Bonchev–Trinajstić information content (AvgIpc) is 2.65. The highest BCUT2D eigenvalue weighted by atomic mass is 35.5. The third-order valence-corrected chi connectivity index (χ3v) is 4.72. The van der Waals surface area contributed by atoms with Crippen LogP contribution in [0.25, 0.3) is 0 Å². The quantitative estimate of drug-likeness (QED) is 0.686. The van der Waals surface area contributed by atoms with E-state index in [0.717, 1.165) is 50.6 Å². The van der Waals surface area contributed by atoms with Crippen molar-refractivity contribution in [2.45, 2.75) is 12.8 Å². The fourth-order valence-electron chi connectivity index (χ4n) is 2.97. The van der Waals surface area contributed by atoms with Crippen LogP contribution >= 0.6 is 11.6 Å². The number of nitrogens with zero attached hydrogens (tertiary/aromatic N) is 5. The number of benzene rings is 1. The molecule has 0 unspecified atom stereocenters. The zero-order chi connectivity index (χ0) is 18.4. The molecule has 0 radical (unpaired) electrons. The summed E-state index contributed by atoms with van der Waals surface area (Å²) in [6.07, 6.45) is 3.44. The minimum Gasteiger partial charge on any atom is -0.476 e. The SMILES string of the molecule is Cn1ncc(OCCCCN2CCN(c3cccc(Cl)c3)CC2)nc1=O. The van der Waals surface area contributed by atoms with E-state index < -0.39 is 5.69 Å². The molecule has 1 aliphatic heterocycles. The Kier molecular flexibility index (Phi) is 6.46. The molecule has 1 saturated heterocycles. The van der Waals surface area contributed by atoms with Gasteiger partial charge in [0.05, 0.1) is 6.61 Å². The molecule has 1 fully saturated rings. The lowest BCUT2D eigenvalue weighted by Gasteiger charge is -2.36. The number of hydrogen-bond donors (Lipinski definition) is 0. The maximum atomic E-state index is 11.4. The van der Waals surface area contributed by atoms with Gasteiger partial charge in [0.15, 0.2) is 0 Å². The third-order valence-electron chi connectivity index (χ3n) is 4.49. The van der Waals surface area contributed by atoms with Crippen LogP contribution in [-0.4, -0.2) is 59.0 Å². The Balaban J connectivity index is 1.33. The maximum Gasteiger partial charge on any atom is 0.366 e. The highest BCUT2D eigenvalue weighted by Crippen LogP contribution is 2.20. The van der Waals surface area contributed by atoms with Crippen LogP contribution in [0.1, 0.15) is 12.8 Å². The second-order valence-electron chi connectivity index (χ2n) is 6.36. The number of halogens is 1. The molecule has 0 spiro atoms. The molecule has 2 heterocycles. The normalized spacial score (nSPS) is 15.2. The number of piperazine rings is 1. The lowest BCUT2D eigenvalue weighted by Crippen LogP contribution is -2.46. The summed E-state index contributed by atoms with van der Waals surface area (Å²) in [6, 6.07) is 8.03. The number of anilines is 1. The van der Waals surface area contributed by atoms with Crippen molar-refractivity contribution in [3.63, 3.8) is 0 Å². The molecule has 8 heteroatoms. The van der Waals surface area contributed by atoms with Crippen LogP contribution in [0.4, 0.5) is 5.69 Å². The van der Waals surface area contributed by atoms with Gasteiger partial charge in [0, 0.05) is 43.9 Å². The largest absolute Gasteiger partial charge is 0.476 e. The Bertz CT molecular complexity index is 774. The summed E-state index contributed by atoms with van der Waals surface area (Å²) in [7, 11) is 1.56. The van der Waals surface area contributed by atoms with Gasteiger partial charge in [-0.3, -0.25) is 4.90 Å². The molecule has 3 rings (SSSR count). The van der Waals surface area contributed by atoms with E-state index in [1.165, 1.54) is 16.6 Å². The van der Waals surface area contributed by atoms with Gasteiger partial charge in [0.1, 0.15) is 6.20 Å². The first kappa shape index (κ1) is 18.7. The lowest BCUT2D eigenvalue weighted by molar-refractivity contribution is 0.235. The predicted molar refractivity (Wildman–Crippen MR) is 102 cm³/mol. The van der Waals surface area contributed by atoms with Gasteiger partial charge >= 0.3 is 5.69 Å². The summed E-state index contributed by atoms with van der Waals surface area (Å²) in [4.78, 5) is 20.0. The zero-order valence-electron chi connectivity index (χ0n) is 15.0. The molecule has 1 aromatic carbocycles. The van der Waals surface area contributed by atoms with Crippen molar-refractivity contribution < 1.29 is 4.74 Å². The Morgan fingerprint density at radius 1 is 1.19 bits per heavy atom. The number of ether oxygens (including phenoxy) is 1. The Morgan fingerprint density at radius 2 is 2.00 bits per heavy atom.